The van der Waals surface area contributed by atoms with Gasteiger partial charge in [0, 0.05) is 37.2 Å². The molecule has 12 aromatic carbocycles. The average Bonchev–Trinajstić information content (AvgIpc) is 4.05. The highest BCUT2D eigenvalue weighted by Crippen LogP contribution is 2.63. The minimum absolute atomic E-state index is 0.450. The van der Waals surface area contributed by atoms with Gasteiger partial charge in [0.1, 0.15) is 0 Å². The summed E-state index contributed by atoms with van der Waals surface area (Å²) in [4.78, 5) is 2.48. The van der Waals surface area contributed by atoms with E-state index in [2.05, 4.69) is 254 Å². The van der Waals surface area contributed by atoms with Crippen LogP contribution in [0.3, 0.4) is 0 Å². The Bertz CT molecular complexity index is 4170. The van der Waals surface area contributed by atoms with E-state index in [1.807, 2.05) is 11.3 Å². The molecule has 1 nitrogen and oxygen atoms in total. The molecule has 1 heterocycles. The Morgan fingerprint density at radius 3 is 1.39 bits per heavy atom. The summed E-state index contributed by atoms with van der Waals surface area (Å²) in [5.74, 6) is 0. The zero-order valence-electron chi connectivity index (χ0n) is 37.5. The first-order chi connectivity index (χ1) is 34.2. The maximum Gasteiger partial charge on any atom is 0.0726 e. The van der Waals surface area contributed by atoms with Crippen LogP contribution in [0.2, 0.25) is 0 Å². The Labute approximate surface area is 404 Å². The topological polar surface area (TPSA) is 3.24 Å². The number of anilines is 3. The van der Waals surface area contributed by atoms with Crippen molar-refractivity contribution in [2.24, 2.45) is 0 Å². The number of benzene rings is 12. The molecule has 0 saturated heterocycles. The lowest BCUT2D eigenvalue weighted by Crippen LogP contribution is -2.26. The van der Waals surface area contributed by atoms with Crippen LogP contribution in [0, 0.1) is 0 Å². The Morgan fingerprint density at radius 2 is 0.725 bits per heavy atom. The molecule has 0 unspecified atom stereocenters. The Morgan fingerprint density at radius 1 is 0.261 bits per heavy atom. The lowest BCUT2D eigenvalue weighted by molar-refractivity contribution is 0.793. The molecule has 2 heteroatoms. The molecule has 1 spiro atoms. The number of hydrogen-bond donors (Lipinski definition) is 0. The third kappa shape index (κ3) is 5.46. The smallest absolute Gasteiger partial charge is 0.0726 e. The molecule has 320 valence electrons. The Balaban J connectivity index is 0.925. The van der Waals surface area contributed by atoms with Crippen LogP contribution in [0.15, 0.2) is 249 Å². The van der Waals surface area contributed by atoms with E-state index in [1.165, 1.54) is 119 Å². The highest BCUT2D eigenvalue weighted by atomic mass is 32.1. The van der Waals surface area contributed by atoms with Gasteiger partial charge in [-0.2, -0.15) is 0 Å². The summed E-state index contributed by atoms with van der Waals surface area (Å²) in [6.45, 7) is 0. The van der Waals surface area contributed by atoms with Gasteiger partial charge in [-0.1, -0.05) is 200 Å². The Hall–Kier alpha value is -8.56. The SMILES string of the molecule is c1cc(-c2ccc(N(c3ccc4c(c3)C3(c5ccccc5-c5ccccc53)c3ccccc3-4)c3ccc4c5ccccc5c5ccccc5c4c3)cc2)cc(-c2cccc3c2sc2ccccc23)c1. The van der Waals surface area contributed by atoms with Crippen molar-refractivity contribution >= 4 is 80.9 Å². The van der Waals surface area contributed by atoms with Gasteiger partial charge in [0.05, 0.1) is 5.41 Å². The standard InChI is InChI=1S/C67H41NS/c1-2-19-51-49(17-1)50-18-3-4-20-52(50)60-40-46(35-37-53(51)60)68(45-33-31-42(32-34-45)43-15-13-16-44(39-43)48-25-14-26-59-58-24-8-12-30-65(58)69-66(48)59)47-36-38-57-56-23-7-11-29-63(56)67(64(57)41-47)61-27-9-5-21-54(61)55-22-6-10-28-62(55)67/h1-41H. The van der Waals surface area contributed by atoms with Gasteiger partial charge in [0.15, 0.2) is 0 Å². The van der Waals surface area contributed by atoms with Crippen molar-refractivity contribution in [3.63, 3.8) is 0 Å². The van der Waals surface area contributed by atoms with Crippen LogP contribution in [0.25, 0.3) is 97.0 Å². The fraction of sp³-hybridized carbons (Fsp3) is 0.0149. The van der Waals surface area contributed by atoms with E-state index in [0.29, 0.717) is 0 Å². The molecule has 0 bridgehead atoms. The van der Waals surface area contributed by atoms with E-state index >= 15 is 0 Å². The monoisotopic (exact) mass is 891 g/mol. The molecule has 0 radical (unpaired) electrons. The zero-order valence-corrected chi connectivity index (χ0v) is 38.3. The molecule has 1 aromatic heterocycles. The molecule has 69 heavy (non-hydrogen) atoms. The molecule has 13 aromatic rings. The molecule has 0 aliphatic heterocycles. The van der Waals surface area contributed by atoms with Gasteiger partial charge in [-0.05, 0) is 148 Å². The van der Waals surface area contributed by atoms with Crippen LogP contribution in [0.4, 0.5) is 17.1 Å². The van der Waals surface area contributed by atoms with Crippen LogP contribution in [0.5, 0.6) is 0 Å². The Kier molecular flexibility index (Phi) is 8.22. The van der Waals surface area contributed by atoms with E-state index in [0.717, 1.165) is 17.1 Å². The van der Waals surface area contributed by atoms with Crippen molar-refractivity contribution in [1.82, 2.24) is 0 Å². The van der Waals surface area contributed by atoms with Crippen LogP contribution >= 0.6 is 11.3 Å². The first-order valence-electron chi connectivity index (χ1n) is 23.9. The number of hydrogen-bond acceptors (Lipinski definition) is 2. The van der Waals surface area contributed by atoms with E-state index in [9.17, 15) is 0 Å². The van der Waals surface area contributed by atoms with Gasteiger partial charge < -0.3 is 4.90 Å². The van der Waals surface area contributed by atoms with Crippen LogP contribution < -0.4 is 4.90 Å². The first-order valence-corrected chi connectivity index (χ1v) is 24.7. The quantitative estimate of drug-likeness (QED) is 0.156. The van der Waals surface area contributed by atoms with Crippen molar-refractivity contribution in [3.8, 4) is 44.5 Å². The number of rotatable bonds is 5. The summed E-state index contributed by atoms with van der Waals surface area (Å²) >= 11 is 1.88. The average molecular weight is 892 g/mol. The van der Waals surface area contributed by atoms with E-state index in [-0.39, 0.29) is 0 Å². The lowest BCUT2D eigenvalue weighted by atomic mass is 9.70. The predicted molar refractivity (Wildman–Crippen MR) is 294 cm³/mol. The number of thiophene rings is 1. The summed E-state index contributed by atoms with van der Waals surface area (Å²) in [5.41, 5.74) is 18.4. The molecule has 0 atom stereocenters. The van der Waals surface area contributed by atoms with Crippen molar-refractivity contribution in [3.05, 3.63) is 271 Å². The number of nitrogens with zero attached hydrogens (tertiary/aromatic N) is 1. The van der Waals surface area contributed by atoms with Crippen molar-refractivity contribution in [1.29, 1.82) is 0 Å². The summed E-state index contributed by atoms with van der Waals surface area (Å²) in [6, 6.07) is 93.1. The summed E-state index contributed by atoms with van der Waals surface area (Å²) in [7, 11) is 0. The summed E-state index contributed by atoms with van der Waals surface area (Å²) < 4.78 is 2.66. The van der Waals surface area contributed by atoms with Crippen molar-refractivity contribution < 1.29 is 0 Å². The third-order valence-corrected chi connectivity index (χ3v) is 16.5. The first kappa shape index (κ1) is 38.5. The molecule has 0 N–H and O–H groups in total. The van der Waals surface area contributed by atoms with E-state index in [4.69, 9.17) is 0 Å². The molecule has 0 amide bonds. The minimum Gasteiger partial charge on any atom is -0.310 e. The maximum absolute atomic E-state index is 2.50. The van der Waals surface area contributed by atoms with Gasteiger partial charge in [0.25, 0.3) is 0 Å². The van der Waals surface area contributed by atoms with Crippen LogP contribution in [-0.4, -0.2) is 0 Å². The fourth-order valence-electron chi connectivity index (χ4n) is 12.3. The maximum atomic E-state index is 2.50. The highest BCUT2D eigenvalue weighted by Gasteiger charge is 2.51. The highest BCUT2D eigenvalue weighted by molar-refractivity contribution is 7.26. The van der Waals surface area contributed by atoms with E-state index < -0.39 is 5.41 Å². The molecule has 2 aliphatic rings. The van der Waals surface area contributed by atoms with Gasteiger partial charge in [-0.25, -0.2) is 0 Å². The van der Waals surface area contributed by atoms with E-state index in [1.54, 1.807) is 0 Å². The van der Waals surface area contributed by atoms with Gasteiger partial charge in [-0.15, -0.1) is 11.3 Å². The number of fused-ring (bicyclic) bond motifs is 19. The minimum atomic E-state index is -0.450. The molecular formula is C67H41NS. The van der Waals surface area contributed by atoms with Crippen LogP contribution in [-0.2, 0) is 5.41 Å². The van der Waals surface area contributed by atoms with Gasteiger partial charge in [-0.3, -0.25) is 0 Å². The molecular weight excluding hydrogens is 851 g/mol. The summed E-state index contributed by atoms with van der Waals surface area (Å²) in [6.07, 6.45) is 0. The largest absolute Gasteiger partial charge is 0.310 e. The van der Waals surface area contributed by atoms with Gasteiger partial charge in [0.2, 0.25) is 0 Å². The van der Waals surface area contributed by atoms with Gasteiger partial charge >= 0.3 is 0 Å². The van der Waals surface area contributed by atoms with Crippen molar-refractivity contribution in [2.45, 2.75) is 5.41 Å². The normalized spacial score (nSPS) is 13.0. The lowest BCUT2D eigenvalue weighted by Gasteiger charge is -2.32. The summed E-state index contributed by atoms with van der Waals surface area (Å²) in [5, 5.41) is 10.2. The molecule has 0 saturated carbocycles. The molecule has 2 aliphatic carbocycles. The fourth-order valence-corrected chi connectivity index (χ4v) is 13.6. The predicted octanol–water partition coefficient (Wildman–Crippen LogP) is 18.7. The van der Waals surface area contributed by atoms with Crippen LogP contribution in [0.1, 0.15) is 22.3 Å². The third-order valence-electron chi connectivity index (χ3n) is 15.3. The molecule has 15 rings (SSSR count). The molecule has 0 fully saturated rings. The zero-order chi connectivity index (χ0) is 45.2. The second kappa shape index (κ2) is 14.7. The second-order valence-electron chi connectivity index (χ2n) is 18.7. The second-order valence-corrected chi connectivity index (χ2v) is 19.7. The van der Waals surface area contributed by atoms with Crippen molar-refractivity contribution in [2.75, 3.05) is 4.90 Å².